The van der Waals surface area contributed by atoms with E-state index in [2.05, 4.69) is 27.9 Å². The van der Waals surface area contributed by atoms with Gasteiger partial charge in [0, 0.05) is 29.3 Å². The number of hydrogen-bond acceptors (Lipinski definition) is 2. The van der Waals surface area contributed by atoms with Gasteiger partial charge in [-0.2, -0.15) is 0 Å². The molecule has 0 atom stereocenters. The number of nitrogens with zero attached hydrogens (tertiary/aromatic N) is 1. The van der Waals surface area contributed by atoms with E-state index in [1.54, 1.807) is 0 Å². The average Bonchev–Trinajstić information content (AvgIpc) is 2.39. The Bertz CT molecular complexity index is 413. The molecular weight excluding hydrogens is 290 g/mol. The van der Waals surface area contributed by atoms with Gasteiger partial charge in [-0.1, -0.05) is 19.3 Å². The second-order valence-corrected chi connectivity index (χ2v) is 6.06. The minimum Gasteiger partial charge on any atom is -0.374 e. The number of hydrogen-bond donors (Lipinski definition) is 0. The molecule has 1 saturated carbocycles. The lowest BCUT2D eigenvalue weighted by atomic mass is 9.89. The number of anilines is 1. The highest BCUT2D eigenvalue weighted by Gasteiger charge is 2.16. The van der Waals surface area contributed by atoms with Gasteiger partial charge in [0.05, 0.1) is 0 Å². The van der Waals surface area contributed by atoms with Crippen molar-refractivity contribution in [2.75, 3.05) is 18.5 Å². The van der Waals surface area contributed by atoms with E-state index in [0.29, 0.717) is 5.56 Å². The third kappa shape index (κ3) is 3.35. The molecule has 0 bridgehead atoms. The van der Waals surface area contributed by atoms with Gasteiger partial charge in [-0.25, -0.2) is 0 Å². The SMILES string of the molecule is CN(CC1CCCCC1)c1ccc(C=O)c(Br)c1. The van der Waals surface area contributed by atoms with E-state index in [9.17, 15) is 4.79 Å². The van der Waals surface area contributed by atoms with Crippen molar-refractivity contribution < 1.29 is 4.79 Å². The normalized spacial score (nSPS) is 16.6. The predicted octanol–water partition coefficient (Wildman–Crippen LogP) is 4.28. The molecule has 0 aliphatic heterocycles. The lowest BCUT2D eigenvalue weighted by Gasteiger charge is -2.28. The monoisotopic (exact) mass is 309 g/mol. The van der Waals surface area contributed by atoms with Gasteiger partial charge in [0.2, 0.25) is 0 Å². The molecule has 1 aromatic carbocycles. The van der Waals surface area contributed by atoms with Crippen molar-refractivity contribution in [1.82, 2.24) is 0 Å². The first-order valence-electron chi connectivity index (χ1n) is 6.66. The van der Waals surface area contributed by atoms with Crippen molar-refractivity contribution >= 4 is 27.9 Å². The maximum atomic E-state index is 10.8. The molecule has 0 heterocycles. The van der Waals surface area contributed by atoms with Gasteiger partial charge in [-0.3, -0.25) is 4.79 Å². The summed E-state index contributed by atoms with van der Waals surface area (Å²) in [5.41, 5.74) is 1.89. The average molecular weight is 310 g/mol. The number of halogens is 1. The maximum absolute atomic E-state index is 10.8. The summed E-state index contributed by atoms with van der Waals surface area (Å²) in [4.78, 5) is 13.1. The van der Waals surface area contributed by atoms with Gasteiger partial charge >= 0.3 is 0 Å². The molecule has 0 N–H and O–H groups in total. The third-order valence-electron chi connectivity index (χ3n) is 3.81. The van der Waals surface area contributed by atoms with Crippen LogP contribution in [0.25, 0.3) is 0 Å². The Kier molecular flexibility index (Phi) is 4.81. The summed E-state index contributed by atoms with van der Waals surface area (Å²) in [7, 11) is 2.14. The molecule has 0 aromatic heterocycles. The molecule has 3 heteroatoms. The zero-order chi connectivity index (χ0) is 13.0. The van der Waals surface area contributed by atoms with Crippen molar-refractivity contribution in [3.05, 3.63) is 28.2 Å². The van der Waals surface area contributed by atoms with Crippen LogP contribution in [0.4, 0.5) is 5.69 Å². The summed E-state index contributed by atoms with van der Waals surface area (Å²) in [6.07, 6.45) is 7.77. The van der Waals surface area contributed by atoms with Crippen molar-refractivity contribution in [1.29, 1.82) is 0 Å². The summed E-state index contributed by atoms with van der Waals surface area (Å²) in [6.45, 7) is 1.12. The van der Waals surface area contributed by atoms with Crippen molar-refractivity contribution in [3.8, 4) is 0 Å². The Labute approximate surface area is 117 Å². The van der Waals surface area contributed by atoms with Crippen molar-refractivity contribution in [2.24, 2.45) is 5.92 Å². The number of rotatable bonds is 4. The van der Waals surface area contributed by atoms with Gasteiger partial charge in [0.25, 0.3) is 0 Å². The minimum atomic E-state index is 0.713. The molecule has 18 heavy (non-hydrogen) atoms. The molecule has 1 aliphatic carbocycles. The fourth-order valence-electron chi connectivity index (χ4n) is 2.71. The Morgan fingerprint density at radius 1 is 1.33 bits per heavy atom. The lowest BCUT2D eigenvalue weighted by Crippen LogP contribution is -2.26. The van der Waals surface area contributed by atoms with E-state index < -0.39 is 0 Å². The highest BCUT2D eigenvalue weighted by Crippen LogP contribution is 2.27. The molecule has 0 radical (unpaired) electrons. The van der Waals surface area contributed by atoms with Crippen LogP contribution in [0.15, 0.2) is 22.7 Å². The van der Waals surface area contributed by atoms with Gasteiger partial charge in [0.15, 0.2) is 6.29 Å². The molecule has 2 nitrogen and oxygen atoms in total. The first kappa shape index (κ1) is 13.6. The zero-order valence-electron chi connectivity index (χ0n) is 10.9. The molecule has 2 rings (SSSR count). The van der Waals surface area contributed by atoms with E-state index >= 15 is 0 Å². The highest BCUT2D eigenvalue weighted by atomic mass is 79.9. The van der Waals surface area contributed by atoms with E-state index in [-0.39, 0.29) is 0 Å². The zero-order valence-corrected chi connectivity index (χ0v) is 12.4. The topological polar surface area (TPSA) is 20.3 Å². The Hall–Kier alpha value is -0.830. The van der Waals surface area contributed by atoms with E-state index in [4.69, 9.17) is 0 Å². The van der Waals surface area contributed by atoms with E-state index in [1.165, 1.54) is 37.8 Å². The van der Waals surface area contributed by atoms with E-state index in [0.717, 1.165) is 23.2 Å². The molecule has 0 spiro atoms. The van der Waals surface area contributed by atoms with Crippen LogP contribution < -0.4 is 4.90 Å². The molecule has 1 fully saturated rings. The van der Waals surface area contributed by atoms with Crippen LogP contribution in [0.5, 0.6) is 0 Å². The van der Waals surface area contributed by atoms with Crippen LogP contribution in [-0.4, -0.2) is 19.9 Å². The predicted molar refractivity (Wildman–Crippen MR) is 79.4 cm³/mol. The van der Waals surface area contributed by atoms with Gasteiger partial charge in [0.1, 0.15) is 0 Å². The highest BCUT2D eigenvalue weighted by molar-refractivity contribution is 9.10. The smallest absolute Gasteiger partial charge is 0.151 e. The molecule has 0 unspecified atom stereocenters. The third-order valence-corrected chi connectivity index (χ3v) is 4.50. The van der Waals surface area contributed by atoms with Crippen LogP contribution in [-0.2, 0) is 0 Å². The van der Waals surface area contributed by atoms with Crippen LogP contribution in [0.2, 0.25) is 0 Å². The first-order chi connectivity index (χ1) is 8.70. The summed E-state index contributed by atoms with van der Waals surface area (Å²) < 4.78 is 0.880. The number of benzene rings is 1. The van der Waals surface area contributed by atoms with Crippen molar-refractivity contribution in [2.45, 2.75) is 32.1 Å². The fourth-order valence-corrected chi connectivity index (χ4v) is 3.17. The summed E-state index contributed by atoms with van der Waals surface area (Å²) in [5.74, 6) is 0.827. The number of carbonyl (C=O) groups excluding carboxylic acids is 1. The lowest BCUT2D eigenvalue weighted by molar-refractivity contribution is 0.112. The minimum absolute atomic E-state index is 0.713. The standard InChI is InChI=1S/C15H20BrNO/c1-17(10-12-5-3-2-4-6-12)14-8-7-13(11-18)15(16)9-14/h7-9,11-12H,2-6,10H2,1H3. The Balaban J connectivity index is 2.01. The van der Waals surface area contributed by atoms with Gasteiger partial charge < -0.3 is 4.90 Å². The second kappa shape index (κ2) is 6.37. The summed E-state index contributed by atoms with van der Waals surface area (Å²) in [6, 6.07) is 5.94. The Morgan fingerprint density at radius 3 is 2.67 bits per heavy atom. The molecule has 98 valence electrons. The van der Waals surface area contributed by atoms with Gasteiger partial charge in [-0.05, 0) is 52.9 Å². The molecule has 1 aromatic rings. The van der Waals surface area contributed by atoms with Crippen LogP contribution >= 0.6 is 15.9 Å². The van der Waals surface area contributed by atoms with Crippen LogP contribution in [0.1, 0.15) is 42.5 Å². The summed E-state index contributed by atoms with van der Waals surface area (Å²) in [5, 5.41) is 0. The largest absolute Gasteiger partial charge is 0.374 e. The number of carbonyl (C=O) groups is 1. The van der Waals surface area contributed by atoms with Crippen LogP contribution in [0.3, 0.4) is 0 Å². The molecular formula is C15H20BrNO. The maximum Gasteiger partial charge on any atom is 0.151 e. The Morgan fingerprint density at radius 2 is 2.06 bits per heavy atom. The quantitative estimate of drug-likeness (QED) is 0.774. The summed E-state index contributed by atoms with van der Waals surface area (Å²) >= 11 is 3.44. The first-order valence-corrected chi connectivity index (χ1v) is 7.46. The molecule has 0 saturated heterocycles. The van der Waals surface area contributed by atoms with Crippen molar-refractivity contribution in [3.63, 3.8) is 0 Å². The second-order valence-electron chi connectivity index (χ2n) is 5.21. The van der Waals surface area contributed by atoms with Gasteiger partial charge in [-0.15, -0.1) is 0 Å². The van der Waals surface area contributed by atoms with E-state index in [1.807, 2.05) is 18.2 Å². The fraction of sp³-hybridized carbons (Fsp3) is 0.533. The molecule has 0 amide bonds. The number of aldehydes is 1. The molecule has 1 aliphatic rings. The van der Waals surface area contributed by atoms with Crippen LogP contribution in [0, 0.1) is 5.92 Å².